The highest BCUT2D eigenvalue weighted by molar-refractivity contribution is 6.08. The quantitative estimate of drug-likeness (QED) is 0.150. The average Bonchev–Trinajstić information content (AvgIpc) is 2.57. The first-order valence-electron chi connectivity index (χ1n) is 11.4. The first-order valence-corrected chi connectivity index (χ1v) is 12.9. The maximum absolute atomic E-state index is 2.39. The molecule has 2 heteroatoms. The zero-order valence-corrected chi connectivity index (χ0v) is 19.9. The zero-order valence-electron chi connectivity index (χ0n) is 17.9. The second kappa shape index (κ2) is 18.0. The van der Waals surface area contributed by atoms with Crippen LogP contribution >= 0.6 is 0 Å². The Morgan fingerprint density at radius 3 is 1.08 bits per heavy atom. The van der Waals surface area contributed by atoms with Crippen LogP contribution in [-0.4, -0.2) is 41.5 Å². The fraction of sp³-hybridized carbons (Fsp3) is 1.00. The van der Waals surface area contributed by atoms with Crippen molar-refractivity contribution in [3.8, 4) is 0 Å². The lowest BCUT2D eigenvalue weighted by molar-refractivity contribution is -0.879. The molecule has 0 aromatic rings. The van der Waals surface area contributed by atoms with Gasteiger partial charge in [-0.25, -0.2) is 0 Å². The molecule has 0 heterocycles. The maximum Gasteiger partial charge on any atom is 0.0779 e. The fourth-order valence-corrected chi connectivity index (χ4v) is 3.74. The summed E-state index contributed by atoms with van der Waals surface area (Å²) in [4.78, 5) is 0. The predicted octanol–water partition coefficient (Wildman–Crippen LogP) is 6.04. The Balaban J connectivity index is 3.05. The van der Waals surface area contributed by atoms with Crippen molar-refractivity contribution in [2.45, 2.75) is 116 Å². The Kier molecular flexibility index (Phi) is 18.1. The van der Waals surface area contributed by atoms with Gasteiger partial charge in [-0.1, -0.05) is 103 Å². The van der Waals surface area contributed by atoms with Gasteiger partial charge in [0.2, 0.25) is 0 Å². The first-order chi connectivity index (χ1) is 11.6. The van der Waals surface area contributed by atoms with Gasteiger partial charge in [-0.2, -0.15) is 0 Å². The summed E-state index contributed by atoms with van der Waals surface area (Å²) >= 11 is 0. The van der Waals surface area contributed by atoms with Crippen LogP contribution in [0.4, 0.5) is 0 Å². The molecule has 0 aromatic carbocycles. The average molecular weight is 357 g/mol. The third kappa shape index (κ3) is 18.5. The summed E-state index contributed by atoms with van der Waals surface area (Å²) in [6, 6.07) is 0. The minimum absolute atomic E-state index is 1.25. The van der Waals surface area contributed by atoms with E-state index in [1.165, 1.54) is 137 Å². The normalized spacial score (nSPS) is 12.1. The lowest BCUT2D eigenvalue weighted by Crippen LogP contribution is -2.41. The third-order valence-electron chi connectivity index (χ3n) is 5.72. The molecule has 1 nitrogen and oxygen atoms in total. The van der Waals surface area contributed by atoms with Crippen molar-refractivity contribution in [1.29, 1.82) is 0 Å². The van der Waals surface area contributed by atoms with Crippen molar-refractivity contribution in [2.24, 2.45) is 0 Å². The highest BCUT2D eigenvalue weighted by Crippen LogP contribution is 2.14. The minimum atomic E-state index is 1.25. The van der Waals surface area contributed by atoms with E-state index < -0.39 is 0 Å². The predicted molar refractivity (Wildman–Crippen MR) is 116 cm³/mol. The maximum atomic E-state index is 2.39. The van der Waals surface area contributed by atoms with Crippen LogP contribution in [0.5, 0.6) is 0 Å². The third-order valence-corrected chi connectivity index (χ3v) is 7.44. The van der Waals surface area contributed by atoms with E-state index in [4.69, 9.17) is 0 Å². The summed E-state index contributed by atoms with van der Waals surface area (Å²) in [5.41, 5.74) is 0. The molecule has 0 fully saturated rings. The standard InChI is InChI=1S/C22H50NSi/c1-4-5-6-7-8-9-10-11-12-13-14-15-16-17-18-19-20-21-23(2,3)22-24/h4-22H2,1-3,24H3/q+1. The molecule has 0 bridgehead atoms. The van der Waals surface area contributed by atoms with E-state index in [1.54, 1.807) is 0 Å². The second-order valence-corrected chi connectivity index (χ2v) is 9.26. The molecular weight excluding hydrogens is 306 g/mol. The minimum Gasteiger partial charge on any atom is -0.333 e. The molecule has 0 saturated heterocycles. The molecular formula is C22H50NSi+. The number of hydrogen-bond donors (Lipinski definition) is 0. The number of hydrogen-bond acceptors (Lipinski definition) is 0. The largest absolute Gasteiger partial charge is 0.333 e. The van der Waals surface area contributed by atoms with E-state index in [-0.39, 0.29) is 0 Å². The van der Waals surface area contributed by atoms with Crippen LogP contribution in [0.15, 0.2) is 0 Å². The van der Waals surface area contributed by atoms with Gasteiger partial charge in [-0.3, -0.25) is 0 Å². The van der Waals surface area contributed by atoms with Gasteiger partial charge in [0.25, 0.3) is 0 Å². The van der Waals surface area contributed by atoms with Crippen LogP contribution in [0.1, 0.15) is 116 Å². The monoisotopic (exact) mass is 356 g/mol. The van der Waals surface area contributed by atoms with E-state index in [0.717, 1.165) is 0 Å². The van der Waals surface area contributed by atoms with Crippen molar-refractivity contribution in [2.75, 3.05) is 26.8 Å². The van der Waals surface area contributed by atoms with Gasteiger partial charge in [-0.05, 0) is 12.8 Å². The molecule has 0 aliphatic carbocycles. The molecule has 0 rings (SSSR count). The SMILES string of the molecule is CCCCCCCCCCCCCCCCCCC[N+](C)(C)C[SiH3]. The zero-order chi connectivity index (χ0) is 17.9. The Hall–Kier alpha value is 0.177. The van der Waals surface area contributed by atoms with Crippen LogP contribution in [0.25, 0.3) is 0 Å². The van der Waals surface area contributed by atoms with E-state index in [0.29, 0.717) is 0 Å². The molecule has 0 saturated carbocycles. The summed E-state index contributed by atoms with van der Waals surface area (Å²) < 4.78 is 1.25. The lowest BCUT2D eigenvalue weighted by atomic mass is 10.0. The Morgan fingerprint density at radius 1 is 0.500 bits per heavy atom. The number of rotatable bonds is 19. The van der Waals surface area contributed by atoms with Crippen molar-refractivity contribution < 1.29 is 4.48 Å². The van der Waals surface area contributed by atoms with E-state index in [9.17, 15) is 0 Å². The molecule has 0 spiro atoms. The highest BCUT2D eigenvalue weighted by atomic mass is 28.1. The van der Waals surface area contributed by atoms with Crippen LogP contribution in [0, 0.1) is 0 Å². The topological polar surface area (TPSA) is 0 Å². The molecule has 0 aliphatic heterocycles. The van der Waals surface area contributed by atoms with Gasteiger partial charge in [0.1, 0.15) is 0 Å². The van der Waals surface area contributed by atoms with Crippen LogP contribution in [-0.2, 0) is 0 Å². The van der Waals surface area contributed by atoms with Gasteiger partial charge < -0.3 is 4.48 Å². The summed E-state index contributed by atoms with van der Waals surface area (Å²) in [5.74, 6) is 0. The molecule has 0 amide bonds. The van der Waals surface area contributed by atoms with Crippen LogP contribution in [0.3, 0.4) is 0 Å². The lowest BCUT2D eigenvalue weighted by Gasteiger charge is -2.28. The second-order valence-electron chi connectivity index (χ2n) is 8.63. The molecule has 0 aromatic heterocycles. The van der Waals surface area contributed by atoms with Gasteiger partial charge in [0.15, 0.2) is 0 Å². The summed E-state index contributed by atoms with van der Waals surface area (Å²) in [5, 5.41) is 0. The van der Waals surface area contributed by atoms with E-state index in [2.05, 4.69) is 21.0 Å². The summed E-state index contributed by atoms with van der Waals surface area (Å²) in [7, 11) is 6.12. The van der Waals surface area contributed by atoms with Crippen molar-refractivity contribution in [3.63, 3.8) is 0 Å². The Bertz CT molecular complexity index is 240. The molecule has 0 radical (unpaired) electrons. The first kappa shape index (κ1) is 24.2. The summed E-state index contributed by atoms with van der Waals surface area (Å²) in [6.45, 7) is 3.69. The number of nitrogens with zero attached hydrogens (tertiary/aromatic N) is 1. The number of quaternary nitrogens is 1. The summed E-state index contributed by atoms with van der Waals surface area (Å²) in [6.07, 6.45) is 26.4. The fourth-order valence-electron chi connectivity index (χ4n) is 3.42. The van der Waals surface area contributed by atoms with Crippen molar-refractivity contribution in [3.05, 3.63) is 0 Å². The molecule has 0 atom stereocenters. The Morgan fingerprint density at radius 2 is 0.792 bits per heavy atom. The van der Waals surface area contributed by atoms with Crippen molar-refractivity contribution >= 4 is 10.2 Å². The Labute approximate surface area is 158 Å². The van der Waals surface area contributed by atoms with Crippen LogP contribution < -0.4 is 0 Å². The number of unbranched alkanes of at least 4 members (excludes halogenated alkanes) is 16. The van der Waals surface area contributed by atoms with Gasteiger partial charge in [-0.15, -0.1) is 0 Å². The van der Waals surface area contributed by atoms with Gasteiger partial charge in [0.05, 0.1) is 37.1 Å². The van der Waals surface area contributed by atoms with Gasteiger partial charge in [0, 0.05) is 0 Å². The van der Waals surface area contributed by atoms with Crippen LogP contribution in [0.2, 0.25) is 0 Å². The van der Waals surface area contributed by atoms with E-state index in [1.807, 2.05) is 0 Å². The van der Waals surface area contributed by atoms with Crippen molar-refractivity contribution in [1.82, 2.24) is 0 Å². The highest BCUT2D eigenvalue weighted by Gasteiger charge is 2.09. The van der Waals surface area contributed by atoms with E-state index >= 15 is 0 Å². The smallest absolute Gasteiger partial charge is 0.0779 e. The molecule has 0 N–H and O–H groups in total. The molecule has 0 aliphatic rings. The molecule has 24 heavy (non-hydrogen) atoms. The molecule has 146 valence electrons. The van der Waals surface area contributed by atoms with Gasteiger partial charge >= 0.3 is 0 Å². The molecule has 0 unspecified atom stereocenters.